The van der Waals surface area contributed by atoms with Gasteiger partial charge in [0.2, 0.25) is 5.91 Å². The second kappa shape index (κ2) is 5.15. The lowest BCUT2D eigenvalue weighted by molar-refractivity contribution is -0.124. The molecule has 0 heterocycles. The van der Waals surface area contributed by atoms with Crippen molar-refractivity contribution in [1.29, 1.82) is 0 Å². The van der Waals surface area contributed by atoms with Crippen molar-refractivity contribution < 1.29 is 4.79 Å². The van der Waals surface area contributed by atoms with Crippen LogP contribution in [0.3, 0.4) is 0 Å². The fourth-order valence-corrected chi connectivity index (χ4v) is 2.45. The monoisotopic (exact) mass is 227 g/mol. The highest BCUT2D eigenvalue weighted by atomic mass is 16.1. The first kappa shape index (κ1) is 13.5. The Hall–Kier alpha value is -0.610. The number of amides is 1. The van der Waals surface area contributed by atoms with Gasteiger partial charge in [0.25, 0.3) is 0 Å². The lowest BCUT2D eigenvalue weighted by atomic mass is 9.85. The number of hydrogen-bond donors (Lipinski definition) is 2. The van der Waals surface area contributed by atoms with E-state index in [0.717, 1.165) is 32.2 Å². The first-order valence-corrected chi connectivity index (χ1v) is 6.17. The third kappa shape index (κ3) is 2.74. The summed E-state index contributed by atoms with van der Waals surface area (Å²) in [6.07, 6.45) is 3.77. The maximum atomic E-state index is 11.4. The Morgan fingerprint density at radius 2 is 2.19 bits per heavy atom. The van der Waals surface area contributed by atoms with Crippen molar-refractivity contribution in [1.82, 2.24) is 4.90 Å². The van der Waals surface area contributed by atoms with E-state index < -0.39 is 5.54 Å². The summed E-state index contributed by atoms with van der Waals surface area (Å²) in [5.74, 6) is -0.0756. The first-order chi connectivity index (χ1) is 7.38. The summed E-state index contributed by atoms with van der Waals surface area (Å²) >= 11 is 0. The standard InChI is InChI=1S/C12H25N3O/c1-9(2)15(3)8-6-10-5-4-7-12(10,14)11(13)16/h9-10H,4-8,14H2,1-3H3,(H2,13,16). The minimum absolute atomic E-state index is 0.256. The molecular formula is C12H25N3O. The van der Waals surface area contributed by atoms with E-state index in [-0.39, 0.29) is 11.8 Å². The topological polar surface area (TPSA) is 72.3 Å². The van der Waals surface area contributed by atoms with Crippen LogP contribution in [0.4, 0.5) is 0 Å². The second-order valence-electron chi connectivity index (χ2n) is 5.36. The predicted octanol–water partition coefficient (Wildman–Crippen LogP) is 0.700. The quantitative estimate of drug-likeness (QED) is 0.726. The summed E-state index contributed by atoms with van der Waals surface area (Å²) in [6.45, 7) is 5.31. The van der Waals surface area contributed by atoms with Gasteiger partial charge in [-0.15, -0.1) is 0 Å². The van der Waals surface area contributed by atoms with Gasteiger partial charge in [0.1, 0.15) is 0 Å². The molecule has 1 aliphatic carbocycles. The maximum absolute atomic E-state index is 11.4. The molecule has 16 heavy (non-hydrogen) atoms. The van der Waals surface area contributed by atoms with E-state index >= 15 is 0 Å². The van der Waals surface area contributed by atoms with Crippen LogP contribution < -0.4 is 11.5 Å². The van der Waals surface area contributed by atoms with Crippen molar-refractivity contribution in [3.63, 3.8) is 0 Å². The summed E-state index contributed by atoms with van der Waals surface area (Å²) in [6, 6.07) is 0.530. The van der Waals surface area contributed by atoms with Crippen molar-refractivity contribution in [3.05, 3.63) is 0 Å². The minimum Gasteiger partial charge on any atom is -0.368 e. The molecule has 0 radical (unpaired) electrons. The van der Waals surface area contributed by atoms with E-state index in [9.17, 15) is 4.79 Å². The summed E-state index contributed by atoms with van der Waals surface area (Å²) in [7, 11) is 2.10. The molecule has 0 spiro atoms. The largest absolute Gasteiger partial charge is 0.368 e. The highest BCUT2D eigenvalue weighted by molar-refractivity contribution is 5.85. The molecule has 1 saturated carbocycles. The highest BCUT2D eigenvalue weighted by Crippen LogP contribution is 2.35. The SMILES string of the molecule is CC(C)N(C)CCC1CCCC1(N)C(N)=O. The Morgan fingerprint density at radius 1 is 1.56 bits per heavy atom. The summed E-state index contributed by atoms with van der Waals surface area (Å²) in [4.78, 5) is 13.7. The number of hydrogen-bond acceptors (Lipinski definition) is 3. The van der Waals surface area contributed by atoms with Gasteiger partial charge in [0.05, 0.1) is 5.54 Å². The Labute approximate surface area is 98.3 Å². The van der Waals surface area contributed by atoms with E-state index in [2.05, 4.69) is 25.8 Å². The Bertz CT molecular complexity index is 255. The zero-order valence-corrected chi connectivity index (χ0v) is 10.7. The van der Waals surface area contributed by atoms with Gasteiger partial charge in [-0.1, -0.05) is 6.42 Å². The molecule has 1 fully saturated rings. The average molecular weight is 227 g/mol. The van der Waals surface area contributed by atoms with Crippen LogP contribution in [0.25, 0.3) is 0 Å². The molecule has 1 aliphatic rings. The van der Waals surface area contributed by atoms with Gasteiger partial charge in [-0.25, -0.2) is 0 Å². The lowest BCUT2D eigenvalue weighted by Gasteiger charge is -2.30. The molecule has 4 heteroatoms. The highest BCUT2D eigenvalue weighted by Gasteiger charge is 2.43. The smallest absolute Gasteiger partial charge is 0.237 e. The van der Waals surface area contributed by atoms with Crippen LogP contribution in [0.5, 0.6) is 0 Å². The Kier molecular flexibility index (Phi) is 4.33. The van der Waals surface area contributed by atoms with E-state index in [0.29, 0.717) is 6.04 Å². The van der Waals surface area contributed by atoms with Gasteiger partial charge in [0.15, 0.2) is 0 Å². The molecule has 1 rings (SSSR count). The molecule has 0 aromatic rings. The zero-order chi connectivity index (χ0) is 12.3. The molecule has 4 nitrogen and oxygen atoms in total. The second-order valence-corrected chi connectivity index (χ2v) is 5.36. The molecule has 0 aromatic heterocycles. The van der Waals surface area contributed by atoms with Gasteiger partial charge in [-0.05, 0) is 52.6 Å². The first-order valence-electron chi connectivity index (χ1n) is 6.17. The number of carbonyl (C=O) groups excluding carboxylic acids is 1. The van der Waals surface area contributed by atoms with Crippen LogP contribution in [0, 0.1) is 5.92 Å². The van der Waals surface area contributed by atoms with Crippen LogP contribution >= 0.6 is 0 Å². The van der Waals surface area contributed by atoms with Gasteiger partial charge in [-0.3, -0.25) is 4.79 Å². The summed E-state index contributed by atoms with van der Waals surface area (Å²) < 4.78 is 0. The van der Waals surface area contributed by atoms with Crippen LogP contribution in [0.2, 0.25) is 0 Å². The van der Waals surface area contributed by atoms with E-state index in [4.69, 9.17) is 11.5 Å². The van der Waals surface area contributed by atoms with Crippen LogP contribution in [0.15, 0.2) is 0 Å². The number of nitrogens with two attached hydrogens (primary N) is 2. The molecule has 4 N–H and O–H groups in total. The van der Waals surface area contributed by atoms with Crippen molar-refractivity contribution >= 4 is 5.91 Å². The average Bonchev–Trinajstić information content (AvgIpc) is 2.57. The summed E-state index contributed by atoms with van der Waals surface area (Å²) in [5, 5.41) is 0. The van der Waals surface area contributed by atoms with E-state index in [1.165, 1.54) is 0 Å². The van der Waals surface area contributed by atoms with Crippen molar-refractivity contribution in [3.8, 4) is 0 Å². The number of rotatable bonds is 5. The van der Waals surface area contributed by atoms with E-state index in [1.807, 2.05) is 0 Å². The van der Waals surface area contributed by atoms with Crippen LogP contribution in [0.1, 0.15) is 39.5 Å². The molecular weight excluding hydrogens is 202 g/mol. The third-order valence-electron chi connectivity index (χ3n) is 4.04. The number of nitrogens with zero attached hydrogens (tertiary/aromatic N) is 1. The van der Waals surface area contributed by atoms with Crippen LogP contribution in [-0.4, -0.2) is 36.0 Å². The van der Waals surface area contributed by atoms with Gasteiger partial charge < -0.3 is 16.4 Å². The van der Waals surface area contributed by atoms with Gasteiger partial charge >= 0.3 is 0 Å². The fraction of sp³-hybridized carbons (Fsp3) is 0.917. The fourth-order valence-electron chi connectivity index (χ4n) is 2.45. The maximum Gasteiger partial charge on any atom is 0.237 e. The Morgan fingerprint density at radius 3 is 2.69 bits per heavy atom. The minimum atomic E-state index is -0.752. The molecule has 2 atom stereocenters. The summed E-state index contributed by atoms with van der Waals surface area (Å²) in [5.41, 5.74) is 10.8. The molecule has 1 amide bonds. The van der Waals surface area contributed by atoms with E-state index in [1.54, 1.807) is 0 Å². The predicted molar refractivity (Wildman–Crippen MR) is 65.8 cm³/mol. The molecule has 0 saturated heterocycles. The van der Waals surface area contributed by atoms with Crippen molar-refractivity contribution in [2.45, 2.75) is 51.1 Å². The molecule has 0 bridgehead atoms. The lowest BCUT2D eigenvalue weighted by Crippen LogP contribution is -2.55. The van der Waals surface area contributed by atoms with Gasteiger partial charge in [-0.2, -0.15) is 0 Å². The molecule has 94 valence electrons. The van der Waals surface area contributed by atoms with Gasteiger partial charge in [0, 0.05) is 6.04 Å². The number of primary amides is 1. The van der Waals surface area contributed by atoms with Crippen molar-refractivity contribution in [2.75, 3.05) is 13.6 Å². The normalized spacial score (nSPS) is 30.2. The number of carbonyl (C=O) groups is 1. The Balaban J connectivity index is 2.51. The molecule has 0 aromatic carbocycles. The molecule has 0 aliphatic heterocycles. The molecule has 2 unspecified atom stereocenters. The van der Waals surface area contributed by atoms with Crippen molar-refractivity contribution in [2.24, 2.45) is 17.4 Å². The zero-order valence-electron chi connectivity index (χ0n) is 10.7. The van der Waals surface area contributed by atoms with Crippen LogP contribution in [-0.2, 0) is 4.79 Å². The third-order valence-corrected chi connectivity index (χ3v) is 4.04.